The molecule has 0 amide bonds. The molecule has 0 saturated heterocycles. The lowest BCUT2D eigenvalue weighted by Crippen LogP contribution is -2.05. The maximum Gasteiger partial charge on any atom is 0.143 e. The molecule has 5 heteroatoms. The monoisotopic (exact) mass is 219 g/mol. The van der Waals surface area contributed by atoms with Crippen LogP contribution in [0.2, 0.25) is 0 Å². The summed E-state index contributed by atoms with van der Waals surface area (Å²) in [5, 5.41) is 10.1. The molecular formula is C11H13N3O2. The molecule has 2 aromatic rings. The Bertz CT molecular complexity index is 482. The van der Waals surface area contributed by atoms with Crippen molar-refractivity contribution in [3.05, 3.63) is 42.2 Å². The van der Waals surface area contributed by atoms with Crippen molar-refractivity contribution in [3.63, 3.8) is 0 Å². The Balaban J connectivity index is 2.36. The van der Waals surface area contributed by atoms with E-state index in [9.17, 15) is 5.11 Å². The average molecular weight is 219 g/mol. The third-order valence-electron chi connectivity index (χ3n) is 2.28. The summed E-state index contributed by atoms with van der Waals surface area (Å²) in [6.07, 6.45) is 4.13. The van der Waals surface area contributed by atoms with Crippen molar-refractivity contribution in [1.29, 1.82) is 0 Å². The fourth-order valence-corrected chi connectivity index (χ4v) is 1.50. The molecule has 1 N–H and O–H groups in total. The summed E-state index contributed by atoms with van der Waals surface area (Å²) in [4.78, 5) is 8.20. The van der Waals surface area contributed by atoms with E-state index in [2.05, 4.69) is 9.97 Å². The van der Waals surface area contributed by atoms with Gasteiger partial charge in [0.2, 0.25) is 0 Å². The minimum Gasteiger partial charge on any atom is -0.495 e. The molecule has 5 nitrogen and oxygen atoms in total. The molecule has 0 radical (unpaired) electrons. The van der Waals surface area contributed by atoms with Crippen molar-refractivity contribution >= 4 is 0 Å². The number of aliphatic hydroxyl groups is 1. The van der Waals surface area contributed by atoms with Gasteiger partial charge in [0.15, 0.2) is 0 Å². The van der Waals surface area contributed by atoms with Crippen molar-refractivity contribution in [1.82, 2.24) is 14.5 Å². The van der Waals surface area contributed by atoms with Crippen molar-refractivity contribution in [3.8, 4) is 5.75 Å². The zero-order valence-electron chi connectivity index (χ0n) is 9.16. The number of rotatable bonds is 3. The Morgan fingerprint density at radius 1 is 1.44 bits per heavy atom. The Hall–Kier alpha value is -1.88. The predicted molar refractivity (Wildman–Crippen MR) is 58.1 cm³/mol. The maximum atomic E-state index is 10.1. The summed E-state index contributed by atoms with van der Waals surface area (Å²) in [7, 11) is 3.39. The van der Waals surface area contributed by atoms with Gasteiger partial charge in [-0.25, -0.2) is 4.98 Å². The number of ether oxygens (including phenoxy) is 1. The van der Waals surface area contributed by atoms with Gasteiger partial charge in [-0.3, -0.25) is 4.98 Å². The highest BCUT2D eigenvalue weighted by atomic mass is 16.5. The fraction of sp³-hybridized carbons (Fsp3) is 0.273. The van der Waals surface area contributed by atoms with Gasteiger partial charge in [-0.15, -0.1) is 0 Å². The number of methoxy groups -OCH3 is 1. The van der Waals surface area contributed by atoms with Crippen LogP contribution in [0.1, 0.15) is 17.5 Å². The number of imidazole rings is 1. The molecule has 1 atom stereocenters. The standard InChI is InChI=1S/C11H13N3O2/c1-14-6-8(13-7-14)11(15)10-9(16-2)4-3-5-12-10/h3-7,11,15H,1-2H3. The first-order valence-electron chi connectivity index (χ1n) is 4.87. The summed E-state index contributed by atoms with van der Waals surface area (Å²) in [6, 6.07) is 3.52. The molecule has 2 rings (SSSR count). The SMILES string of the molecule is COc1cccnc1C(O)c1cn(C)cn1. The third kappa shape index (κ3) is 1.90. The number of aromatic nitrogens is 3. The van der Waals surface area contributed by atoms with Crippen LogP contribution < -0.4 is 4.74 Å². The van der Waals surface area contributed by atoms with Gasteiger partial charge < -0.3 is 14.4 Å². The molecule has 2 aromatic heterocycles. The second-order valence-electron chi connectivity index (χ2n) is 3.46. The maximum absolute atomic E-state index is 10.1. The average Bonchev–Trinajstić information content (AvgIpc) is 2.75. The Morgan fingerprint density at radius 3 is 2.88 bits per heavy atom. The smallest absolute Gasteiger partial charge is 0.143 e. The van der Waals surface area contributed by atoms with Gasteiger partial charge in [-0.1, -0.05) is 0 Å². The van der Waals surface area contributed by atoms with Crippen molar-refractivity contribution < 1.29 is 9.84 Å². The lowest BCUT2D eigenvalue weighted by Gasteiger charge is -2.11. The molecule has 0 aliphatic heterocycles. The van der Waals surface area contributed by atoms with Gasteiger partial charge >= 0.3 is 0 Å². The van der Waals surface area contributed by atoms with Crippen LogP contribution in [0, 0.1) is 0 Å². The van der Waals surface area contributed by atoms with E-state index in [4.69, 9.17) is 4.74 Å². The van der Waals surface area contributed by atoms with Gasteiger partial charge in [0.25, 0.3) is 0 Å². The molecule has 0 aliphatic carbocycles. The lowest BCUT2D eigenvalue weighted by atomic mass is 10.1. The Labute approximate surface area is 93.3 Å². The number of aryl methyl sites for hydroxylation is 1. The van der Waals surface area contributed by atoms with E-state index >= 15 is 0 Å². The highest BCUT2D eigenvalue weighted by Crippen LogP contribution is 2.26. The molecule has 1 unspecified atom stereocenters. The normalized spacial score (nSPS) is 12.4. The number of pyridine rings is 1. The molecule has 0 aromatic carbocycles. The van der Waals surface area contributed by atoms with Gasteiger partial charge in [0, 0.05) is 19.4 Å². The summed E-state index contributed by atoms with van der Waals surface area (Å²) < 4.78 is 6.91. The molecule has 0 aliphatic rings. The van der Waals surface area contributed by atoms with E-state index in [1.165, 1.54) is 0 Å². The van der Waals surface area contributed by atoms with Crippen LogP contribution in [0.3, 0.4) is 0 Å². The van der Waals surface area contributed by atoms with E-state index in [1.54, 1.807) is 42.5 Å². The van der Waals surface area contributed by atoms with Crippen LogP contribution in [-0.2, 0) is 7.05 Å². The second kappa shape index (κ2) is 4.32. The molecule has 0 fully saturated rings. The highest BCUT2D eigenvalue weighted by Gasteiger charge is 2.18. The van der Waals surface area contributed by atoms with E-state index in [0.29, 0.717) is 17.1 Å². The first-order valence-corrected chi connectivity index (χ1v) is 4.87. The van der Waals surface area contributed by atoms with Gasteiger partial charge in [0.1, 0.15) is 17.5 Å². The van der Waals surface area contributed by atoms with Gasteiger partial charge in [0.05, 0.1) is 19.1 Å². The van der Waals surface area contributed by atoms with E-state index in [-0.39, 0.29) is 0 Å². The highest BCUT2D eigenvalue weighted by molar-refractivity contribution is 5.32. The Kier molecular flexibility index (Phi) is 2.87. The molecule has 0 bridgehead atoms. The lowest BCUT2D eigenvalue weighted by molar-refractivity contribution is 0.205. The second-order valence-corrected chi connectivity index (χ2v) is 3.46. The van der Waals surface area contributed by atoms with Gasteiger partial charge in [-0.05, 0) is 12.1 Å². The summed E-state index contributed by atoms with van der Waals surface area (Å²) in [5.41, 5.74) is 1.03. The molecule has 84 valence electrons. The van der Waals surface area contributed by atoms with Crippen LogP contribution in [0.15, 0.2) is 30.9 Å². The predicted octanol–water partition coefficient (Wildman–Crippen LogP) is 0.905. The number of nitrogens with zero attached hydrogens (tertiary/aromatic N) is 3. The van der Waals surface area contributed by atoms with E-state index in [0.717, 1.165) is 0 Å². The van der Waals surface area contributed by atoms with E-state index < -0.39 is 6.10 Å². The van der Waals surface area contributed by atoms with Crippen molar-refractivity contribution in [2.24, 2.45) is 7.05 Å². The Morgan fingerprint density at radius 2 is 2.25 bits per heavy atom. The van der Waals surface area contributed by atoms with Crippen LogP contribution in [0.25, 0.3) is 0 Å². The van der Waals surface area contributed by atoms with Crippen LogP contribution >= 0.6 is 0 Å². The number of aliphatic hydroxyl groups excluding tert-OH is 1. The summed E-state index contributed by atoms with van der Waals surface area (Å²) in [6.45, 7) is 0. The molecular weight excluding hydrogens is 206 g/mol. The minimum absolute atomic E-state index is 0.476. The molecule has 0 saturated carbocycles. The van der Waals surface area contributed by atoms with Gasteiger partial charge in [-0.2, -0.15) is 0 Å². The first-order chi connectivity index (χ1) is 7.72. The van der Waals surface area contributed by atoms with Crippen molar-refractivity contribution in [2.45, 2.75) is 6.10 Å². The van der Waals surface area contributed by atoms with Crippen LogP contribution in [-0.4, -0.2) is 26.8 Å². The first kappa shape index (κ1) is 10.6. The van der Waals surface area contributed by atoms with Crippen molar-refractivity contribution in [2.75, 3.05) is 7.11 Å². The summed E-state index contributed by atoms with van der Waals surface area (Å²) in [5.74, 6) is 0.556. The quantitative estimate of drug-likeness (QED) is 0.833. The zero-order valence-corrected chi connectivity index (χ0v) is 9.16. The largest absolute Gasteiger partial charge is 0.495 e. The minimum atomic E-state index is -0.864. The van der Waals surface area contributed by atoms with E-state index in [1.807, 2.05) is 7.05 Å². The third-order valence-corrected chi connectivity index (χ3v) is 2.28. The molecule has 16 heavy (non-hydrogen) atoms. The molecule has 0 spiro atoms. The topological polar surface area (TPSA) is 60.2 Å². The fourth-order valence-electron chi connectivity index (χ4n) is 1.50. The number of hydrogen-bond acceptors (Lipinski definition) is 4. The van der Waals surface area contributed by atoms with Crippen LogP contribution in [0.5, 0.6) is 5.75 Å². The van der Waals surface area contributed by atoms with Crippen LogP contribution in [0.4, 0.5) is 0 Å². The zero-order chi connectivity index (χ0) is 11.5. The summed E-state index contributed by atoms with van der Waals surface area (Å²) >= 11 is 0. The molecule has 2 heterocycles. The number of hydrogen-bond donors (Lipinski definition) is 1.